The van der Waals surface area contributed by atoms with Gasteiger partial charge in [-0.1, -0.05) is 6.92 Å². The first-order chi connectivity index (χ1) is 6.47. The van der Waals surface area contributed by atoms with Gasteiger partial charge in [-0.3, -0.25) is 5.41 Å². The van der Waals surface area contributed by atoms with Gasteiger partial charge in [0.05, 0.1) is 18.5 Å². The maximum atomic E-state index is 9.42. The van der Waals surface area contributed by atoms with Crippen molar-refractivity contribution in [3.63, 3.8) is 0 Å². The van der Waals surface area contributed by atoms with Crippen molar-refractivity contribution in [2.45, 2.75) is 13.0 Å². The molecule has 0 aromatic rings. The maximum absolute atomic E-state index is 9.42. The first-order valence-corrected chi connectivity index (χ1v) is 4.66. The highest BCUT2D eigenvalue weighted by Gasteiger charge is 2.12. The molecule has 0 saturated carbocycles. The fourth-order valence-corrected chi connectivity index (χ4v) is 1.25. The number of rotatable bonds is 7. The maximum Gasteiger partial charge on any atom is 0.0947 e. The molecule has 0 aliphatic heterocycles. The van der Waals surface area contributed by atoms with Crippen LogP contribution in [0.15, 0.2) is 0 Å². The second kappa shape index (κ2) is 6.75. The molecule has 0 rings (SSSR count). The summed E-state index contributed by atoms with van der Waals surface area (Å²) >= 11 is 0. The molecule has 0 saturated heterocycles. The SMILES string of the molecule is COCC(O)CN(C)CC(C)C(=N)N. The van der Waals surface area contributed by atoms with E-state index < -0.39 is 6.10 Å². The molecule has 5 heteroatoms. The lowest BCUT2D eigenvalue weighted by Crippen LogP contribution is -2.37. The van der Waals surface area contributed by atoms with Crippen LogP contribution in [0.1, 0.15) is 6.92 Å². The second-order valence-electron chi connectivity index (χ2n) is 3.69. The van der Waals surface area contributed by atoms with Crippen LogP contribution in [0.4, 0.5) is 0 Å². The molecule has 2 unspecified atom stereocenters. The van der Waals surface area contributed by atoms with Crippen LogP contribution >= 0.6 is 0 Å². The number of methoxy groups -OCH3 is 1. The first kappa shape index (κ1) is 13.4. The number of nitrogens with two attached hydrogens (primary N) is 1. The molecule has 0 aromatic carbocycles. The minimum atomic E-state index is -0.482. The van der Waals surface area contributed by atoms with E-state index in [1.54, 1.807) is 7.11 Å². The highest BCUT2D eigenvalue weighted by molar-refractivity contribution is 5.79. The van der Waals surface area contributed by atoms with E-state index in [9.17, 15) is 5.11 Å². The van der Waals surface area contributed by atoms with Gasteiger partial charge in [-0.2, -0.15) is 0 Å². The van der Waals surface area contributed by atoms with Gasteiger partial charge >= 0.3 is 0 Å². The molecule has 84 valence electrons. The van der Waals surface area contributed by atoms with E-state index >= 15 is 0 Å². The third kappa shape index (κ3) is 5.90. The number of likely N-dealkylation sites (N-methyl/N-ethyl adjacent to an activating group) is 1. The Labute approximate surface area is 85.4 Å². The minimum absolute atomic E-state index is 0.0229. The molecule has 0 fully saturated rings. The van der Waals surface area contributed by atoms with Gasteiger partial charge < -0.3 is 20.5 Å². The van der Waals surface area contributed by atoms with Crippen molar-refractivity contribution in [3.8, 4) is 0 Å². The van der Waals surface area contributed by atoms with Crippen molar-refractivity contribution >= 4 is 5.84 Å². The number of hydrogen-bond acceptors (Lipinski definition) is 4. The Morgan fingerprint density at radius 2 is 2.14 bits per heavy atom. The van der Waals surface area contributed by atoms with Gasteiger partial charge in [0.1, 0.15) is 0 Å². The van der Waals surface area contributed by atoms with Crippen LogP contribution in [-0.2, 0) is 4.74 Å². The van der Waals surface area contributed by atoms with Crippen LogP contribution < -0.4 is 5.73 Å². The highest BCUT2D eigenvalue weighted by Crippen LogP contribution is 1.98. The van der Waals surface area contributed by atoms with Crippen molar-refractivity contribution in [2.75, 3.05) is 33.9 Å². The summed E-state index contributed by atoms with van der Waals surface area (Å²) in [7, 11) is 3.44. The largest absolute Gasteiger partial charge is 0.389 e. The molecule has 0 aliphatic rings. The van der Waals surface area contributed by atoms with Crippen LogP contribution in [0.5, 0.6) is 0 Å². The average Bonchev–Trinajstić information content (AvgIpc) is 2.03. The summed E-state index contributed by atoms with van der Waals surface area (Å²) in [6.07, 6.45) is -0.482. The van der Waals surface area contributed by atoms with Crippen LogP contribution in [0.25, 0.3) is 0 Å². The van der Waals surface area contributed by atoms with Gasteiger partial charge in [0.2, 0.25) is 0 Å². The summed E-state index contributed by atoms with van der Waals surface area (Å²) in [5, 5.41) is 16.6. The molecule has 0 amide bonds. The Kier molecular flexibility index (Phi) is 6.44. The van der Waals surface area contributed by atoms with E-state index in [1.165, 1.54) is 0 Å². The average molecular weight is 203 g/mol. The Hall–Kier alpha value is -0.650. The molecule has 0 heterocycles. The van der Waals surface area contributed by atoms with E-state index in [1.807, 2.05) is 18.9 Å². The Balaban J connectivity index is 3.74. The van der Waals surface area contributed by atoms with Gasteiger partial charge in [0.15, 0.2) is 0 Å². The zero-order valence-electron chi connectivity index (χ0n) is 9.16. The number of nitrogens with one attached hydrogen (secondary N) is 1. The summed E-state index contributed by atoms with van der Waals surface area (Å²) in [6, 6.07) is 0. The molecular formula is C9H21N3O2. The van der Waals surface area contributed by atoms with Crippen LogP contribution in [0.3, 0.4) is 0 Å². The zero-order chi connectivity index (χ0) is 11.1. The van der Waals surface area contributed by atoms with Crippen LogP contribution in [0.2, 0.25) is 0 Å². The lowest BCUT2D eigenvalue weighted by Gasteiger charge is -2.22. The standard InChI is InChI=1S/C9H21N3O2/c1-7(9(10)11)4-12(2)5-8(13)6-14-3/h7-8,13H,4-6H2,1-3H3,(H3,10,11). The molecule has 2 atom stereocenters. The topological polar surface area (TPSA) is 82.6 Å². The van der Waals surface area contributed by atoms with Gasteiger partial charge in [0, 0.05) is 26.1 Å². The molecule has 4 N–H and O–H groups in total. The predicted molar refractivity (Wildman–Crippen MR) is 56.5 cm³/mol. The van der Waals surface area contributed by atoms with Crippen molar-refractivity contribution in [1.29, 1.82) is 5.41 Å². The predicted octanol–water partition coefficient (Wildman–Crippen LogP) is -0.502. The molecule has 14 heavy (non-hydrogen) atoms. The summed E-state index contributed by atoms with van der Waals surface area (Å²) in [6.45, 7) is 3.43. The molecule has 0 bridgehead atoms. The summed E-state index contributed by atoms with van der Waals surface area (Å²) in [5.41, 5.74) is 5.34. The van der Waals surface area contributed by atoms with Crippen molar-refractivity contribution in [1.82, 2.24) is 4.90 Å². The number of amidine groups is 1. The fraction of sp³-hybridized carbons (Fsp3) is 0.889. The molecule has 0 spiro atoms. The van der Waals surface area contributed by atoms with E-state index in [2.05, 4.69) is 0 Å². The summed E-state index contributed by atoms with van der Waals surface area (Å²) < 4.78 is 4.81. The normalized spacial score (nSPS) is 15.5. The molecular weight excluding hydrogens is 182 g/mol. The van der Waals surface area contributed by atoms with Crippen molar-refractivity contribution in [3.05, 3.63) is 0 Å². The van der Waals surface area contributed by atoms with Crippen molar-refractivity contribution < 1.29 is 9.84 Å². The van der Waals surface area contributed by atoms with Gasteiger partial charge in [-0.25, -0.2) is 0 Å². The van der Waals surface area contributed by atoms with Gasteiger partial charge in [0.25, 0.3) is 0 Å². The van der Waals surface area contributed by atoms with Gasteiger partial charge in [-0.05, 0) is 7.05 Å². The van der Waals surface area contributed by atoms with Gasteiger partial charge in [-0.15, -0.1) is 0 Å². The van der Waals surface area contributed by atoms with E-state index in [0.717, 1.165) is 0 Å². The zero-order valence-corrected chi connectivity index (χ0v) is 9.16. The Bertz CT molecular complexity index is 175. The van der Waals surface area contributed by atoms with Crippen LogP contribution in [-0.4, -0.2) is 55.8 Å². The molecule has 0 aromatic heterocycles. The Morgan fingerprint density at radius 3 is 2.57 bits per heavy atom. The number of hydrogen-bond donors (Lipinski definition) is 3. The van der Waals surface area contributed by atoms with E-state index in [0.29, 0.717) is 19.7 Å². The Morgan fingerprint density at radius 1 is 1.57 bits per heavy atom. The number of aliphatic hydroxyl groups is 1. The number of aliphatic hydroxyl groups excluding tert-OH is 1. The van der Waals surface area contributed by atoms with Crippen molar-refractivity contribution in [2.24, 2.45) is 11.7 Å². The minimum Gasteiger partial charge on any atom is -0.389 e. The second-order valence-corrected chi connectivity index (χ2v) is 3.69. The smallest absolute Gasteiger partial charge is 0.0947 e. The lowest BCUT2D eigenvalue weighted by molar-refractivity contribution is 0.0422. The highest BCUT2D eigenvalue weighted by atomic mass is 16.5. The summed E-state index contributed by atoms with van der Waals surface area (Å²) in [4.78, 5) is 1.94. The van der Waals surface area contributed by atoms with E-state index in [4.69, 9.17) is 15.9 Å². The first-order valence-electron chi connectivity index (χ1n) is 4.66. The summed E-state index contributed by atoms with van der Waals surface area (Å²) in [5.74, 6) is 0.202. The molecule has 0 radical (unpaired) electrons. The molecule has 5 nitrogen and oxygen atoms in total. The van der Waals surface area contributed by atoms with E-state index in [-0.39, 0.29) is 11.8 Å². The third-order valence-electron chi connectivity index (χ3n) is 2.00. The molecule has 0 aliphatic carbocycles. The quantitative estimate of drug-likeness (QED) is 0.385. The van der Waals surface area contributed by atoms with Crippen LogP contribution in [0, 0.1) is 11.3 Å². The third-order valence-corrected chi connectivity index (χ3v) is 2.00. The number of nitrogens with zero attached hydrogens (tertiary/aromatic N) is 1. The monoisotopic (exact) mass is 203 g/mol. The fourth-order valence-electron chi connectivity index (χ4n) is 1.25. The number of ether oxygens (including phenoxy) is 1. The lowest BCUT2D eigenvalue weighted by atomic mass is 10.1.